The van der Waals surface area contributed by atoms with Crippen molar-refractivity contribution in [2.75, 3.05) is 0 Å². The van der Waals surface area contributed by atoms with Crippen LogP contribution in [-0.2, 0) is 10.8 Å². The number of rotatable bonds is 10. The number of aromatic nitrogens is 8. The SMILES string of the molecule is CC1(C)c2cc(-c3ccc(-c4nc(-c5ccccc5)nc(-c5ccc(-c6cccnc6)cc5)n4)cc3)ccc2-c2c1ccc1ccccc21.CC1(C)c2cc(-c3ccc(-c4nc(-c5ccccc5)nc(-c5ccc(-c6cccnc6)cc5)n4)cc3)ccc2-c2ccc3ccccc3c21. The molecule has 98 heavy (non-hydrogen) atoms. The van der Waals surface area contributed by atoms with Crippen LogP contribution in [0.25, 0.3) is 157 Å². The maximum Gasteiger partial charge on any atom is 0.164 e. The summed E-state index contributed by atoms with van der Waals surface area (Å²) in [6.07, 6.45) is 7.32. The summed E-state index contributed by atoms with van der Waals surface area (Å²) in [4.78, 5) is 38.2. The van der Waals surface area contributed by atoms with Gasteiger partial charge >= 0.3 is 0 Å². The van der Waals surface area contributed by atoms with Gasteiger partial charge in [0.25, 0.3) is 0 Å². The smallest absolute Gasteiger partial charge is 0.164 e. The third-order valence-electron chi connectivity index (χ3n) is 19.7. The number of nitrogens with zero attached hydrogens (tertiary/aromatic N) is 8. The van der Waals surface area contributed by atoms with Crippen LogP contribution in [0.15, 0.2) is 316 Å². The number of hydrogen-bond acceptors (Lipinski definition) is 8. The lowest BCUT2D eigenvalue weighted by molar-refractivity contribution is 0.661. The van der Waals surface area contributed by atoms with Crippen molar-refractivity contribution < 1.29 is 0 Å². The lowest BCUT2D eigenvalue weighted by atomic mass is 9.79. The minimum absolute atomic E-state index is 0.0873. The van der Waals surface area contributed by atoms with E-state index in [-0.39, 0.29) is 10.8 Å². The van der Waals surface area contributed by atoms with Crippen LogP contribution in [-0.4, -0.2) is 39.9 Å². The predicted molar refractivity (Wildman–Crippen MR) is 400 cm³/mol. The van der Waals surface area contributed by atoms with Crippen LogP contribution < -0.4 is 0 Å². The quantitative estimate of drug-likeness (QED) is 0.133. The van der Waals surface area contributed by atoms with E-state index >= 15 is 0 Å². The fourth-order valence-corrected chi connectivity index (χ4v) is 14.5. The van der Waals surface area contributed by atoms with E-state index in [0.717, 1.165) is 66.8 Å². The summed E-state index contributed by atoms with van der Waals surface area (Å²) in [6, 6.07) is 102. The van der Waals surface area contributed by atoms with Crippen LogP contribution >= 0.6 is 0 Å². The first kappa shape index (κ1) is 59.2. The molecule has 0 spiro atoms. The van der Waals surface area contributed by atoms with E-state index in [9.17, 15) is 0 Å². The molecule has 0 saturated carbocycles. The van der Waals surface area contributed by atoms with Gasteiger partial charge < -0.3 is 0 Å². The Morgan fingerprint density at radius 1 is 0.224 bits per heavy atom. The average molecular weight is 1260 g/mol. The molecular weight excluding hydrogens is 1190 g/mol. The van der Waals surface area contributed by atoms with Gasteiger partial charge in [0.15, 0.2) is 34.9 Å². The molecule has 0 fully saturated rings. The van der Waals surface area contributed by atoms with Crippen LogP contribution in [0.2, 0.25) is 0 Å². The van der Waals surface area contributed by atoms with E-state index in [4.69, 9.17) is 29.9 Å². The monoisotopic (exact) mass is 1260 g/mol. The van der Waals surface area contributed by atoms with Crippen LogP contribution in [0.3, 0.4) is 0 Å². The largest absolute Gasteiger partial charge is 0.264 e. The van der Waals surface area contributed by atoms with Gasteiger partial charge in [-0.2, -0.15) is 0 Å². The summed E-state index contributed by atoms with van der Waals surface area (Å²) < 4.78 is 0. The molecule has 8 heteroatoms. The second kappa shape index (κ2) is 24.4. The molecular formula is C90H64N8. The third kappa shape index (κ3) is 10.8. The number of pyridine rings is 2. The van der Waals surface area contributed by atoms with Crippen molar-refractivity contribution in [2.45, 2.75) is 38.5 Å². The molecule has 16 aromatic rings. The summed E-state index contributed by atoms with van der Waals surface area (Å²) in [6.45, 7) is 9.39. The Balaban J connectivity index is 0.000000147. The van der Waals surface area contributed by atoms with E-state index in [1.165, 1.54) is 77.2 Å². The van der Waals surface area contributed by atoms with Gasteiger partial charge in [0, 0.05) is 69.0 Å². The second-order valence-electron chi connectivity index (χ2n) is 26.3. The highest BCUT2D eigenvalue weighted by molar-refractivity contribution is 6.03. The van der Waals surface area contributed by atoms with E-state index in [0.29, 0.717) is 34.9 Å². The van der Waals surface area contributed by atoms with Crippen molar-refractivity contribution in [3.8, 4) is 135 Å². The van der Waals surface area contributed by atoms with E-state index < -0.39 is 0 Å². The summed E-state index contributed by atoms with van der Waals surface area (Å²) in [7, 11) is 0. The van der Waals surface area contributed by atoms with Gasteiger partial charge in [0.2, 0.25) is 0 Å². The van der Waals surface area contributed by atoms with Gasteiger partial charge in [-0.15, -0.1) is 0 Å². The van der Waals surface area contributed by atoms with Crippen LogP contribution in [0.5, 0.6) is 0 Å². The standard InChI is InChI=1S/2C45H32N4/c1-45(2)40-27-35(23-24-38(40)39-25-22-31-9-6-7-13-37(31)41(39)45)29-14-18-33(19-15-29)43-47-42(32-10-4-3-5-11-32)48-44(49-43)34-20-16-30(17-21-34)36-12-8-26-46-28-36;1-45(2)39-25-23-31-9-6-7-13-37(31)41(39)38-24-22-35(27-40(38)45)29-14-18-33(19-15-29)43-47-42(32-10-4-3-5-11-32)48-44(49-43)34-20-16-30(17-21-34)36-12-8-26-46-28-36/h2*3-28H,1-2H3. The molecule has 0 bridgehead atoms. The highest BCUT2D eigenvalue weighted by Gasteiger charge is 2.38. The molecule has 0 radical (unpaired) electrons. The molecule has 0 N–H and O–H groups in total. The lowest BCUT2D eigenvalue weighted by Crippen LogP contribution is -2.15. The average Bonchev–Trinajstić information content (AvgIpc) is 1.57. The minimum atomic E-state index is -0.104. The summed E-state index contributed by atoms with van der Waals surface area (Å²) in [5.41, 5.74) is 25.4. The number of hydrogen-bond donors (Lipinski definition) is 0. The zero-order chi connectivity index (χ0) is 65.9. The van der Waals surface area contributed by atoms with Crippen molar-refractivity contribution in [3.63, 3.8) is 0 Å². The molecule has 0 aliphatic heterocycles. The lowest BCUT2D eigenvalue weighted by Gasteiger charge is -2.23. The third-order valence-corrected chi connectivity index (χ3v) is 19.7. The van der Waals surface area contributed by atoms with E-state index in [2.05, 4.69) is 256 Å². The molecule has 2 aliphatic carbocycles. The van der Waals surface area contributed by atoms with E-state index in [1.54, 1.807) is 12.4 Å². The molecule has 0 saturated heterocycles. The molecule has 4 heterocycles. The summed E-state index contributed by atoms with van der Waals surface area (Å²) >= 11 is 0. The Labute approximate surface area is 569 Å². The van der Waals surface area contributed by atoms with Crippen LogP contribution in [0.4, 0.5) is 0 Å². The molecule has 12 aromatic carbocycles. The maximum absolute atomic E-state index is 4.98. The molecule has 18 rings (SSSR count). The molecule has 0 atom stereocenters. The predicted octanol–water partition coefficient (Wildman–Crippen LogP) is 22.1. The van der Waals surface area contributed by atoms with Crippen molar-refractivity contribution in [2.24, 2.45) is 0 Å². The first-order valence-corrected chi connectivity index (χ1v) is 33.3. The Morgan fingerprint density at radius 3 is 0.990 bits per heavy atom. The highest BCUT2D eigenvalue weighted by Crippen LogP contribution is 2.54. The first-order valence-electron chi connectivity index (χ1n) is 33.3. The minimum Gasteiger partial charge on any atom is -0.264 e. The van der Waals surface area contributed by atoms with Crippen molar-refractivity contribution in [1.82, 2.24) is 39.9 Å². The van der Waals surface area contributed by atoms with Crippen molar-refractivity contribution in [3.05, 3.63) is 338 Å². The van der Waals surface area contributed by atoms with Gasteiger partial charge in [-0.3, -0.25) is 9.97 Å². The van der Waals surface area contributed by atoms with Gasteiger partial charge in [0.05, 0.1) is 0 Å². The maximum atomic E-state index is 4.98. The van der Waals surface area contributed by atoms with Crippen LogP contribution in [0.1, 0.15) is 49.9 Å². The fraction of sp³-hybridized carbons (Fsp3) is 0.0667. The Kier molecular flexibility index (Phi) is 14.7. The van der Waals surface area contributed by atoms with Crippen molar-refractivity contribution >= 4 is 21.5 Å². The van der Waals surface area contributed by atoms with Gasteiger partial charge in [-0.05, 0) is 135 Å². The van der Waals surface area contributed by atoms with Gasteiger partial charge in [-0.25, -0.2) is 29.9 Å². The number of fused-ring (bicyclic) bond motifs is 10. The van der Waals surface area contributed by atoms with E-state index in [1.807, 2.05) is 85.2 Å². The zero-order valence-electron chi connectivity index (χ0n) is 54.6. The van der Waals surface area contributed by atoms with Crippen LogP contribution in [0, 0.1) is 0 Å². The normalized spacial score (nSPS) is 12.9. The Hall–Kier alpha value is -12.5. The van der Waals surface area contributed by atoms with Gasteiger partial charge in [0.1, 0.15) is 0 Å². The molecule has 0 unspecified atom stereocenters. The zero-order valence-corrected chi connectivity index (χ0v) is 54.6. The number of benzene rings is 12. The molecule has 2 aliphatic rings. The van der Waals surface area contributed by atoms with Crippen molar-refractivity contribution in [1.29, 1.82) is 0 Å². The topological polar surface area (TPSA) is 103 Å². The summed E-state index contributed by atoms with van der Waals surface area (Å²) in [5, 5.41) is 5.22. The Morgan fingerprint density at radius 2 is 0.551 bits per heavy atom. The van der Waals surface area contributed by atoms with Gasteiger partial charge in [-0.1, -0.05) is 295 Å². The Bertz CT molecular complexity index is 5680. The summed E-state index contributed by atoms with van der Waals surface area (Å²) in [5.74, 6) is 3.86. The first-order chi connectivity index (χ1) is 48.1. The molecule has 4 aromatic heterocycles. The second-order valence-corrected chi connectivity index (χ2v) is 26.3. The highest BCUT2D eigenvalue weighted by atomic mass is 15.0. The molecule has 0 amide bonds. The molecule has 464 valence electrons. The fourth-order valence-electron chi connectivity index (χ4n) is 14.5. The molecule has 8 nitrogen and oxygen atoms in total.